The van der Waals surface area contributed by atoms with Gasteiger partial charge in [0.05, 0.1) is 12.1 Å². The number of carboxylic acid groups (broad SMARTS) is 1. The Labute approximate surface area is 92.7 Å². The van der Waals surface area contributed by atoms with Crippen LogP contribution in [0.15, 0.2) is 11.4 Å². The molecule has 0 aromatic heterocycles. The molecule has 0 aromatic rings. The molecule has 90 valence electrons. The van der Waals surface area contributed by atoms with Crippen molar-refractivity contribution in [2.45, 2.75) is 26.3 Å². The number of hydroxylamine groups is 2. The molecule has 0 saturated carbocycles. The number of nitrogens with zero attached hydrogens (tertiary/aromatic N) is 1. The molecule has 0 fully saturated rings. The average molecular weight is 229 g/mol. The zero-order chi connectivity index (χ0) is 12.5. The summed E-state index contributed by atoms with van der Waals surface area (Å²) in [6, 6.07) is -1.06. The minimum atomic E-state index is -1.15. The molecular formula is C9H15N3O4. The molecular weight excluding hydrogens is 214 g/mol. The number of quaternary nitrogens is 1. The van der Waals surface area contributed by atoms with Crippen LogP contribution in [-0.4, -0.2) is 34.6 Å². The van der Waals surface area contributed by atoms with Crippen LogP contribution in [-0.2, 0) is 9.59 Å². The lowest BCUT2D eigenvalue weighted by Gasteiger charge is -2.26. The van der Waals surface area contributed by atoms with Crippen molar-refractivity contribution in [2.75, 3.05) is 6.67 Å². The highest BCUT2D eigenvalue weighted by Crippen LogP contribution is 2.16. The van der Waals surface area contributed by atoms with Gasteiger partial charge in [0.1, 0.15) is 11.7 Å². The second-order valence-corrected chi connectivity index (χ2v) is 3.79. The summed E-state index contributed by atoms with van der Waals surface area (Å²) in [5, 5.41) is 20.3. The maximum atomic E-state index is 11.4. The maximum Gasteiger partial charge on any atom is 0.327 e. The quantitative estimate of drug-likeness (QED) is 0.494. The topological polar surface area (TPSA) is 111 Å². The summed E-state index contributed by atoms with van der Waals surface area (Å²) in [7, 11) is 0. The minimum Gasteiger partial charge on any atom is -0.628 e. The number of aliphatic carboxylic acids is 1. The Hall–Kier alpha value is -1.60. The zero-order valence-corrected chi connectivity index (χ0v) is 9.19. The molecule has 0 spiro atoms. The van der Waals surface area contributed by atoms with Gasteiger partial charge in [-0.25, -0.2) is 4.79 Å². The summed E-state index contributed by atoms with van der Waals surface area (Å²) < 4.78 is 0. The highest BCUT2D eigenvalue weighted by molar-refractivity contribution is 5.83. The summed E-state index contributed by atoms with van der Waals surface area (Å²) in [5.74, 6) is -1.85. The van der Waals surface area contributed by atoms with Crippen molar-refractivity contribution in [1.82, 2.24) is 4.90 Å². The van der Waals surface area contributed by atoms with E-state index < -0.39 is 17.9 Å². The number of carboxylic acids is 1. The predicted octanol–water partition coefficient (Wildman–Crippen LogP) is -1.78. The molecule has 0 bridgehead atoms. The molecule has 2 unspecified atom stereocenters. The van der Waals surface area contributed by atoms with Crippen molar-refractivity contribution in [2.24, 2.45) is 5.73 Å². The van der Waals surface area contributed by atoms with Crippen LogP contribution in [0.1, 0.15) is 20.3 Å². The van der Waals surface area contributed by atoms with Crippen LogP contribution >= 0.6 is 0 Å². The summed E-state index contributed by atoms with van der Waals surface area (Å²) >= 11 is 0. The first-order chi connectivity index (χ1) is 7.34. The molecule has 4 N–H and O–H groups in total. The Kier molecular flexibility index (Phi) is 3.51. The van der Waals surface area contributed by atoms with Crippen molar-refractivity contribution >= 4 is 11.9 Å². The van der Waals surface area contributed by atoms with E-state index in [9.17, 15) is 14.8 Å². The number of nitrogens with two attached hydrogens (primary N) is 1. The molecule has 0 aromatic carbocycles. The molecule has 1 amide bonds. The molecule has 2 atom stereocenters. The first-order valence-electron chi connectivity index (χ1n) is 4.83. The van der Waals surface area contributed by atoms with Crippen molar-refractivity contribution in [3.63, 3.8) is 0 Å². The number of allylic oxidation sites excluding steroid dienone is 2. The van der Waals surface area contributed by atoms with Gasteiger partial charge in [0.25, 0.3) is 0 Å². The molecule has 7 nitrogen and oxygen atoms in total. The van der Waals surface area contributed by atoms with Gasteiger partial charge in [0, 0.05) is 6.92 Å². The molecule has 1 aliphatic rings. The van der Waals surface area contributed by atoms with Crippen LogP contribution in [0.25, 0.3) is 0 Å². The van der Waals surface area contributed by atoms with Gasteiger partial charge in [0.15, 0.2) is 6.67 Å². The van der Waals surface area contributed by atoms with E-state index in [4.69, 9.17) is 10.8 Å². The zero-order valence-electron chi connectivity index (χ0n) is 9.19. The first kappa shape index (κ1) is 12.5. The van der Waals surface area contributed by atoms with Crippen molar-refractivity contribution in [3.8, 4) is 0 Å². The molecule has 1 aliphatic heterocycles. The summed E-state index contributed by atoms with van der Waals surface area (Å²) in [6.07, 6.45) is -0.298. The van der Waals surface area contributed by atoms with Crippen molar-refractivity contribution < 1.29 is 19.8 Å². The number of amides is 1. The third kappa shape index (κ3) is 2.31. The third-order valence-electron chi connectivity index (χ3n) is 2.76. The largest absolute Gasteiger partial charge is 0.628 e. The van der Waals surface area contributed by atoms with Gasteiger partial charge in [-0.2, -0.15) is 0 Å². The Bertz CT molecular complexity index is 353. The fourth-order valence-corrected chi connectivity index (χ4v) is 1.67. The second kappa shape index (κ2) is 4.50. The van der Waals surface area contributed by atoms with E-state index in [2.05, 4.69) is 0 Å². The Balaban J connectivity index is 2.90. The fourth-order valence-electron chi connectivity index (χ4n) is 1.67. The Morgan fingerprint density at radius 3 is 2.50 bits per heavy atom. The van der Waals surface area contributed by atoms with Crippen LogP contribution in [0.4, 0.5) is 0 Å². The Morgan fingerprint density at radius 2 is 2.19 bits per heavy atom. The van der Waals surface area contributed by atoms with E-state index in [1.165, 1.54) is 4.90 Å². The third-order valence-corrected chi connectivity index (χ3v) is 2.76. The fraction of sp³-hybridized carbons (Fsp3) is 0.556. The summed E-state index contributed by atoms with van der Waals surface area (Å²) in [6.45, 7) is 3.31. The molecule has 0 saturated heterocycles. The smallest absolute Gasteiger partial charge is 0.327 e. The van der Waals surface area contributed by atoms with E-state index in [0.717, 1.165) is 0 Å². The van der Waals surface area contributed by atoms with E-state index in [1.54, 1.807) is 13.8 Å². The van der Waals surface area contributed by atoms with Crippen LogP contribution in [0.3, 0.4) is 0 Å². The lowest BCUT2D eigenvalue weighted by molar-refractivity contribution is -0.808. The van der Waals surface area contributed by atoms with Gasteiger partial charge < -0.3 is 26.0 Å². The lowest BCUT2D eigenvalue weighted by atomic mass is 10.1. The van der Waals surface area contributed by atoms with Gasteiger partial charge in [0.2, 0.25) is 5.91 Å². The second-order valence-electron chi connectivity index (χ2n) is 3.79. The number of carbonyl (C=O) groups is 2. The molecule has 0 aliphatic carbocycles. The number of carbonyl (C=O) groups excluding carboxylic acids is 1. The highest BCUT2D eigenvalue weighted by Gasteiger charge is 2.34. The predicted molar refractivity (Wildman–Crippen MR) is 54.6 cm³/mol. The van der Waals surface area contributed by atoms with E-state index in [1.807, 2.05) is 0 Å². The van der Waals surface area contributed by atoms with Gasteiger partial charge in [-0.1, -0.05) is 0 Å². The van der Waals surface area contributed by atoms with Crippen LogP contribution in [0.5, 0.6) is 0 Å². The molecule has 16 heavy (non-hydrogen) atoms. The number of hydrogen-bond acceptors (Lipinski definition) is 4. The van der Waals surface area contributed by atoms with Gasteiger partial charge in [-0.05, 0) is 6.92 Å². The molecule has 7 heteroatoms. The van der Waals surface area contributed by atoms with Gasteiger partial charge in [-0.3, -0.25) is 4.79 Å². The molecule has 1 heterocycles. The van der Waals surface area contributed by atoms with Crippen molar-refractivity contribution in [3.05, 3.63) is 16.6 Å². The lowest BCUT2D eigenvalue weighted by Crippen LogP contribution is -3.04. The number of hydrogen-bond donors (Lipinski definition) is 3. The number of primary amides is 1. The van der Waals surface area contributed by atoms with E-state index in [-0.39, 0.29) is 18.2 Å². The number of nitrogens with one attached hydrogen (secondary N) is 1. The normalized spacial score (nSPS) is 22.4. The van der Waals surface area contributed by atoms with E-state index in [0.29, 0.717) is 11.4 Å². The van der Waals surface area contributed by atoms with E-state index >= 15 is 0 Å². The monoisotopic (exact) mass is 229 g/mol. The Morgan fingerprint density at radius 1 is 1.62 bits per heavy atom. The average Bonchev–Trinajstić information content (AvgIpc) is 2.42. The SMILES string of the molecule is CC1=C(C)[NH+]([O-])CN1C(CC(N)=O)C(=O)O. The highest BCUT2D eigenvalue weighted by atomic mass is 16.5. The first-order valence-corrected chi connectivity index (χ1v) is 4.83. The maximum absolute atomic E-state index is 11.4. The summed E-state index contributed by atoms with van der Waals surface area (Å²) in [5.41, 5.74) is 6.12. The number of rotatable bonds is 4. The van der Waals surface area contributed by atoms with Crippen LogP contribution < -0.4 is 10.8 Å². The van der Waals surface area contributed by atoms with Gasteiger partial charge in [-0.15, -0.1) is 0 Å². The van der Waals surface area contributed by atoms with Crippen LogP contribution in [0.2, 0.25) is 0 Å². The van der Waals surface area contributed by atoms with Gasteiger partial charge >= 0.3 is 5.97 Å². The molecule has 0 radical (unpaired) electrons. The summed E-state index contributed by atoms with van der Waals surface area (Å²) in [4.78, 5) is 23.2. The minimum absolute atomic E-state index is 0.00190. The molecule has 1 rings (SSSR count). The van der Waals surface area contributed by atoms with Crippen LogP contribution in [0, 0.1) is 5.21 Å². The standard InChI is InChI=1S/C9H15N3O4/c1-5-6(2)12(16)4-11(5)7(9(14)15)3-8(10)13/h7,12H,3-4H2,1-2H3,(H2,10,13)(H,14,15). The van der Waals surface area contributed by atoms with Crippen molar-refractivity contribution in [1.29, 1.82) is 0 Å².